The van der Waals surface area contributed by atoms with Gasteiger partial charge in [0.25, 0.3) is 0 Å². The van der Waals surface area contributed by atoms with Crippen molar-refractivity contribution in [1.82, 2.24) is 19.1 Å². The van der Waals surface area contributed by atoms with Crippen molar-refractivity contribution in [3.05, 3.63) is 15.5 Å². The lowest BCUT2D eigenvalue weighted by Gasteiger charge is -2.04. The first-order valence-electron chi connectivity index (χ1n) is 5.18. The van der Waals surface area contributed by atoms with Gasteiger partial charge in [-0.3, -0.25) is 4.57 Å². The largest absolute Gasteiger partial charge is 0.368 e. The number of nitrogens with zero attached hydrogens (tertiary/aromatic N) is 4. The Bertz CT molecular complexity index is 533. The Morgan fingerprint density at radius 1 is 1.53 bits per heavy atom. The molecule has 2 aromatic rings. The molecule has 1 aliphatic carbocycles. The maximum atomic E-state index is 5.82. The number of anilines is 1. The van der Waals surface area contributed by atoms with Crippen LogP contribution in [0.1, 0.15) is 23.8 Å². The third-order valence-corrected chi connectivity index (χ3v) is 5.42. The molecule has 2 N–H and O–H groups in total. The van der Waals surface area contributed by atoms with Crippen LogP contribution in [0.4, 0.5) is 5.95 Å². The summed E-state index contributed by atoms with van der Waals surface area (Å²) in [5, 5.41) is 8.98. The molecule has 1 fully saturated rings. The number of nitrogen functional groups attached to an aromatic ring is 1. The maximum Gasteiger partial charge on any atom is 0.222 e. The predicted molar refractivity (Wildman–Crippen MR) is 72.1 cm³/mol. The summed E-state index contributed by atoms with van der Waals surface area (Å²) in [6.45, 7) is 0. The molecule has 17 heavy (non-hydrogen) atoms. The molecule has 5 nitrogen and oxygen atoms in total. The molecular weight excluding hydrogens is 322 g/mol. The number of aromatic nitrogens is 4. The van der Waals surface area contributed by atoms with Crippen LogP contribution >= 0.6 is 39.2 Å². The summed E-state index contributed by atoms with van der Waals surface area (Å²) >= 11 is 6.63. The number of nitrogens with two attached hydrogens (primary N) is 1. The highest BCUT2D eigenvalue weighted by atomic mass is 79.9. The first-order valence-corrected chi connectivity index (χ1v) is 7.73. The number of thioether (sulfide) groups is 1. The van der Waals surface area contributed by atoms with E-state index in [0.29, 0.717) is 12.0 Å². The molecule has 0 aromatic carbocycles. The van der Waals surface area contributed by atoms with E-state index in [1.807, 2.05) is 10.8 Å². The van der Waals surface area contributed by atoms with Gasteiger partial charge < -0.3 is 5.73 Å². The van der Waals surface area contributed by atoms with Crippen LogP contribution in [-0.4, -0.2) is 19.1 Å². The minimum absolute atomic E-state index is 0.511. The molecule has 1 aliphatic rings. The van der Waals surface area contributed by atoms with Gasteiger partial charge in [0.2, 0.25) is 5.95 Å². The smallest absolute Gasteiger partial charge is 0.222 e. The molecule has 0 saturated heterocycles. The number of hydrogen-bond donors (Lipinski definition) is 1. The SMILES string of the molecule is Nc1nnc(SCc2sncc2Br)n1C1CC1. The zero-order chi connectivity index (χ0) is 11.8. The number of rotatable bonds is 4. The minimum atomic E-state index is 0.511. The monoisotopic (exact) mass is 331 g/mol. The topological polar surface area (TPSA) is 69.6 Å². The summed E-state index contributed by atoms with van der Waals surface area (Å²) in [6.07, 6.45) is 4.18. The molecule has 0 bridgehead atoms. The van der Waals surface area contributed by atoms with Crippen LogP contribution in [-0.2, 0) is 5.75 Å². The van der Waals surface area contributed by atoms with Crippen LogP contribution < -0.4 is 5.73 Å². The summed E-state index contributed by atoms with van der Waals surface area (Å²) in [7, 11) is 0. The third-order valence-electron chi connectivity index (χ3n) is 2.53. The van der Waals surface area contributed by atoms with Crippen LogP contribution in [0.5, 0.6) is 0 Å². The lowest BCUT2D eigenvalue weighted by atomic mass is 10.6. The van der Waals surface area contributed by atoms with Crippen LogP contribution in [0.25, 0.3) is 0 Å². The number of hydrogen-bond acceptors (Lipinski definition) is 6. The Kier molecular flexibility index (Phi) is 3.10. The average molecular weight is 332 g/mol. The second kappa shape index (κ2) is 4.58. The van der Waals surface area contributed by atoms with E-state index < -0.39 is 0 Å². The normalized spacial score (nSPS) is 15.4. The van der Waals surface area contributed by atoms with Crippen molar-refractivity contribution >= 4 is 45.2 Å². The van der Waals surface area contributed by atoms with E-state index in [4.69, 9.17) is 5.73 Å². The van der Waals surface area contributed by atoms with E-state index in [2.05, 4.69) is 30.5 Å². The fourth-order valence-corrected chi connectivity index (χ4v) is 4.03. The van der Waals surface area contributed by atoms with E-state index in [1.54, 1.807) is 11.8 Å². The number of halogens is 1. The second-order valence-corrected chi connectivity index (χ2v) is 6.51. The van der Waals surface area contributed by atoms with Gasteiger partial charge in [0, 0.05) is 16.7 Å². The van der Waals surface area contributed by atoms with Gasteiger partial charge in [0.15, 0.2) is 5.16 Å². The molecule has 0 radical (unpaired) electrons. The highest BCUT2D eigenvalue weighted by molar-refractivity contribution is 9.10. The molecule has 3 rings (SSSR count). The summed E-state index contributed by atoms with van der Waals surface area (Å²) in [5.41, 5.74) is 5.82. The Balaban J connectivity index is 1.75. The second-order valence-electron chi connectivity index (χ2n) is 3.83. The Labute approximate surface area is 115 Å². The van der Waals surface area contributed by atoms with Gasteiger partial charge in [-0.15, -0.1) is 10.2 Å². The van der Waals surface area contributed by atoms with Crippen molar-refractivity contribution in [3.8, 4) is 0 Å². The van der Waals surface area contributed by atoms with E-state index in [0.717, 1.165) is 15.4 Å². The molecular formula is C9H10BrN5S2. The summed E-state index contributed by atoms with van der Waals surface area (Å²) < 4.78 is 7.22. The van der Waals surface area contributed by atoms with Crippen molar-refractivity contribution in [2.45, 2.75) is 29.8 Å². The molecule has 0 aliphatic heterocycles. The molecule has 0 unspecified atom stereocenters. The highest BCUT2D eigenvalue weighted by Gasteiger charge is 2.28. The third kappa shape index (κ3) is 2.34. The summed E-state index contributed by atoms with van der Waals surface area (Å²) in [6, 6.07) is 0.511. The molecule has 0 spiro atoms. The zero-order valence-electron chi connectivity index (χ0n) is 8.84. The van der Waals surface area contributed by atoms with Crippen LogP contribution in [0.15, 0.2) is 15.8 Å². The average Bonchev–Trinajstić information content (AvgIpc) is 2.96. The van der Waals surface area contributed by atoms with Gasteiger partial charge in [-0.05, 0) is 40.3 Å². The van der Waals surface area contributed by atoms with Gasteiger partial charge in [-0.1, -0.05) is 11.8 Å². The van der Waals surface area contributed by atoms with Crippen molar-refractivity contribution in [2.24, 2.45) is 0 Å². The molecule has 2 heterocycles. The first kappa shape index (κ1) is 11.5. The van der Waals surface area contributed by atoms with Gasteiger partial charge in [0.1, 0.15) is 0 Å². The molecule has 8 heteroatoms. The Morgan fingerprint density at radius 2 is 2.35 bits per heavy atom. The first-order chi connectivity index (χ1) is 8.25. The van der Waals surface area contributed by atoms with Crippen molar-refractivity contribution in [3.63, 3.8) is 0 Å². The van der Waals surface area contributed by atoms with Crippen molar-refractivity contribution in [2.75, 3.05) is 5.73 Å². The van der Waals surface area contributed by atoms with Crippen LogP contribution in [0.2, 0.25) is 0 Å². The van der Waals surface area contributed by atoms with Gasteiger partial charge in [-0.2, -0.15) is 4.37 Å². The highest BCUT2D eigenvalue weighted by Crippen LogP contribution is 2.40. The fourth-order valence-electron chi connectivity index (χ4n) is 1.54. The minimum Gasteiger partial charge on any atom is -0.368 e. The molecule has 0 atom stereocenters. The van der Waals surface area contributed by atoms with Gasteiger partial charge >= 0.3 is 0 Å². The van der Waals surface area contributed by atoms with E-state index in [1.165, 1.54) is 29.3 Å². The Morgan fingerprint density at radius 3 is 3.00 bits per heavy atom. The predicted octanol–water partition coefficient (Wildman–Crippen LogP) is 2.71. The lowest BCUT2D eigenvalue weighted by Crippen LogP contribution is -2.02. The van der Waals surface area contributed by atoms with E-state index >= 15 is 0 Å². The van der Waals surface area contributed by atoms with Crippen molar-refractivity contribution in [1.29, 1.82) is 0 Å². The molecule has 0 amide bonds. The summed E-state index contributed by atoms with van der Waals surface area (Å²) in [5.74, 6) is 1.37. The van der Waals surface area contributed by atoms with Crippen molar-refractivity contribution < 1.29 is 0 Å². The lowest BCUT2D eigenvalue weighted by molar-refractivity contribution is 0.671. The van der Waals surface area contributed by atoms with E-state index in [9.17, 15) is 0 Å². The molecule has 2 aromatic heterocycles. The van der Waals surface area contributed by atoms with Gasteiger partial charge in [-0.25, -0.2) is 0 Å². The van der Waals surface area contributed by atoms with E-state index in [-0.39, 0.29) is 0 Å². The van der Waals surface area contributed by atoms with Crippen LogP contribution in [0.3, 0.4) is 0 Å². The molecule has 90 valence electrons. The zero-order valence-corrected chi connectivity index (χ0v) is 12.1. The summed E-state index contributed by atoms with van der Waals surface area (Å²) in [4.78, 5) is 1.21. The fraction of sp³-hybridized carbons (Fsp3) is 0.444. The quantitative estimate of drug-likeness (QED) is 0.872. The Hall–Kier alpha value is -0.600. The standard InChI is InChI=1S/C9H10BrN5S2/c10-6-3-12-17-7(6)4-16-9-14-13-8(11)15(9)5-1-2-5/h3,5H,1-2,4H2,(H2,11,13). The maximum absolute atomic E-state index is 5.82. The van der Waals surface area contributed by atoms with Gasteiger partial charge in [0.05, 0.1) is 10.7 Å². The van der Waals surface area contributed by atoms with Crippen LogP contribution in [0, 0.1) is 0 Å². The molecule has 1 saturated carbocycles.